The van der Waals surface area contributed by atoms with Crippen molar-refractivity contribution < 1.29 is 33.3 Å². The highest BCUT2D eigenvalue weighted by Gasteiger charge is 2.25. The number of carbonyl (C=O) groups is 3. The summed E-state index contributed by atoms with van der Waals surface area (Å²) in [6.07, 6.45) is 0. The molecule has 0 bridgehead atoms. The topological polar surface area (TPSA) is 88.1 Å². The number of ether oxygens (including phenoxy) is 4. The summed E-state index contributed by atoms with van der Waals surface area (Å²) in [5.74, 6) is -1.14. The van der Waals surface area contributed by atoms with E-state index in [9.17, 15) is 14.4 Å². The summed E-state index contributed by atoms with van der Waals surface area (Å²) in [5, 5.41) is 0. The zero-order valence-electron chi connectivity index (χ0n) is 13.1. The molecule has 0 atom stereocenters. The lowest BCUT2D eigenvalue weighted by molar-refractivity contribution is -0.140. The molecule has 7 heteroatoms. The lowest BCUT2D eigenvalue weighted by Gasteiger charge is -2.17. The van der Waals surface area contributed by atoms with Gasteiger partial charge in [0.15, 0.2) is 12.4 Å². The number of hydrogen-bond donors (Lipinski definition) is 0. The van der Waals surface area contributed by atoms with E-state index in [4.69, 9.17) is 18.9 Å². The molecule has 120 valence electrons. The molecule has 0 aliphatic heterocycles. The summed E-state index contributed by atoms with van der Waals surface area (Å²) in [4.78, 5) is 34.5. The second-order valence-corrected chi connectivity index (χ2v) is 4.41. The molecule has 0 spiro atoms. The SMILES string of the molecule is COc1cc(OC)c(C(=O)COC(C)=O)c(OC(C)=O)c1C. The van der Waals surface area contributed by atoms with Crippen molar-refractivity contribution in [1.29, 1.82) is 0 Å². The molecule has 0 heterocycles. The smallest absolute Gasteiger partial charge is 0.308 e. The van der Waals surface area contributed by atoms with Crippen LogP contribution < -0.4 is 14.2 Å². The molecule has 1 aromatic rings. The Morgan fingerprint density at radius 3 is 2.05 bits per heavy atom. The van der Waals surface area contributed by atoms with Crippen molar-refractivity contribution in [1.82, 2.24) is 0 Å². The maximum Gasteiger partial charge on any atom is 0.308 e. The van der Waals surface area contributed by atoms with Crippen molar-refractivity contribution in [3.63, 3.8) is 0 Å². The first kappa shape index (κ1) is 17.5. The van der Waals surface area contributed by atoms with Gasteiger partial charge in [-0.15, -0.1) is 0 Å². The number of Topliss-reactive ketones (excluding diaryl/α,β-unsaturated/α-hetero) is 1. The van der Waals surface area contributed by atoms with Gasteiger partial charge in [0, 0.05) is 25.5 Å². The van der Waals surface area contributed by atoms with Crippen LogP contribution in [0, 0.1) is 6.92 Å². The summed E-state index contributed by atoms with van der Waals surface area (Å²) in [6, 6.07) is 1.50. The lowest BCUT2D eigenvalue weighted by atomic mass is 10.0. The van der Waals surface area contributed by atoms with Gasteiger partial charge < -0.3 is 18.9 Å². The summed E-state index contributed by atoms with van der Waals surface area (Å²) in [5.41, 5.74) is 0.488. The third-order valence-corrected chi connectivity index (χ3v) is 2.82. The standard InChI is InChI=1S/C15H18O7/c1-8-12(19-4)6-13(20-5)14(15(8)22-10(3)17)11(18)7-21-9(2)16/h6H,7H2,1-5H3. The van der Waals surface area contributed by atoms with Crippen LogP contribution in [-0.4, -0.2) is 38.5 Å². The zero-order chi connectivity index (χ0) is 16.9. The van der Waals surface area contributed by atoms with Crippen molar-refractivity contribution in [2.24, 2.45) is 0 Å². The first-order valence-corrected chi connectivity index (χ1v) is 6.42. The summed E-state index contributed by atoms with van der Waals surface area (Å²) in [7, 11) is 2.81. The lowest BCUT2D eigenvalue weighted by Crippen LogP contribution is -2.16. The number of benzene rings is 1. The molecule has 0 aromatic heterocycles. The van der Waals surface area contributed by atoms with Crippen molar-refractivity contribution in [2.45, 2.75) is 20.8 Å². The van der Waals surface area contributed by atoms with Gasteiger partial charge in [-0.25, -0.2) is 0 Å². The molecule has 0 amide bonds. The Kier molecular flexibility index (Phi) is 5.91. The van der Waals surface area contributed by atoms with Gasteiger partial charge in [0.2, 0.25) is 5.78 Å². The predicted octanol–water partition coefficient (Wildman–Crippen LogP) is 1.68. The second kappa shape index (κ2) is 7.44. The van der Waals surface area contributed by atoms with E-state index in [1.165, 1.54) is 34.1 Å². The predicted molar refractivity (Wildman–Crippen MR) is 76.6 cm³/mol. The Labute approximate surface area is 128 Å². The Hall–Kier alpha value is -2.57. The van der Waals surface area contributed by atoms with Gasteiger partial charge in [-0.1, -0.05) is 0 Å². The Morgan fingerprint density at radius 2 is 1.59 bits per heavy atom. The van der Waals surface area contributed by atoms with E-state index in [2.05, 4.69) is 0 Å². The van der Waals surface area contributed by atoms with E-state index < -0.39 is 24.3 Å². The highest BCUT2D eigenvalue weighted by Crippen LogP contribution is 2.39. The molecule has 1 aromatic carbocycles. The minimum atomic E-state index is -0.597. The number of ketones is 1. The molecule has 0 aliphatic carbocycles. The number of methoxy groups -OCH3 is 2. The van der Waals surface area contributed by atoms with Gasteiger partial charge in [0.25, 0.3) is 0 Å². The molecule has 7 nitrogen and oxygen atoms in total. The van der Waals surface area contributed by atoms with E-state index in [-0.39, 0.29) is 17.1 Å². The Bertz CT molecular complexity index is 604. The van der Waals surface area contributed by atoms with Crippen LogP contribution in [0.3, 0.4) is 0 Å². The molecule has 0 saturated carbocycles. The van der Waals surface area contributed by atoms with Crippen LogP contribution in [-0.2, 0) is 14.3 Å². The highest BCUT2D eigenvalue weighted by molar-refractivity contribution is 6.04. The van der Waals surface area contributed by atoms with Gasteiger partial charge in [-0.2, -0.15) is 0 Å². The monoisotopic (exact) mass is 310 g/mol. The van der Waals surface area contributed by atoms with Crippen LogP contribution in [0.2, 0.25) is 0 Å². The van der Waals surface area contributed by atoms with Crippen LogP contribution in [0.5, 0.6) is 17.2 Å². The summed E-state index contributed by atoms with van der Waals surface area (Å²) >= 11 is 0. The molecule has 0 fully saturated rings. The third-order valence-electron chi connectivity index (χ3n) is 2.82. The molecule has 22 heavy (non-hydrogen) atoms. The molecule has 0 N–H and O–H groups in total. The maximum atomic E-state index is 12.3. The zero-order valence-corrected chi connectivity index (χ0v) is 13.1. The molecule has 0 radical (unpaired) electrons. The van der Waals surface area contributed by atoms with Crippen LogP contribution in [0.15, 0.2) is 6.07 Å². The molecule has 0 aliphatic rings. The minimum Gasteiger partial charge on any atom is -0.496 e. The van der Waals surface area contributed by atoms with Crippen molar-refractivity contribution in [2.75, 3.05) is 20.8 Å². The molecule has 0 unspecified atom stereocenters. The van der Waals surface area contributed by atoms with Gasteiger partial charge in [-0.3, -0.25) is 14.4 Å². The van der Waals surface area contributed by atoms with Gasteiger partial charge >= 0.3 is 11.9 Å². The average molecular weight is 310 g/mol. The second-order valence-electron chi connectivity index (χ2n) is 4.41. The fourth-order valence-corrected chi connectivity index (χ4v) is 1.86. The largest absolute Gasteiger partial charge is 0.496 e. The van der Waals surface area contributed by atoms with Crippen molar-refractivity contribution in [3.05, 3.63) is 17.2 Å². The quantitative estimate of drug-likeness (QED) is 0.448. The van der Waals surface area contributed by atoms with Crippen LogP contribution in [0.25, 0.3) is 0 Å². The average Bonchev–Trinajstić information content (AvgIpc) is 2.46. The maximum absolute atomic E-state index is 12.3. The fraction of sp³-hybridized carbons (Fsp3) is 0.400. The first-order chi connectivity index (χ1) is 10.3. The van der Waals surface area contributed by atoms with E-state index in [0.717, 1.165) is 0 Å². The molecule has 1 rings (SSSR count). The summed E-state index contributed by atoms with van der Waals surface area (Å²) < 4.78 is 20.2. The molecular weight excluding hydrogens is 292 g/mol. The van der Waals surface area contributed by atoms with E-state index in [0.29, 0.717) is 11.3 Å². The normalized spacial score (nSPS) is 9.86. The number of rotatable bonds is 6. The molecular formula is C15H18O7. The van der Waals surface area contributed by atoms with Gasteiger partial charge in [-0.05, 0) is 6.92 Å². The van der Waals surface area contributed by atoms with E-state index in [1.807, 2.05) is 0 Å². The van der Waals surface area contributed by atoms with Crippen molar-refractivity contribution in [3.8, 4) is 17.2 Å². The van der Waals surface area contributed by atoms with Crippen LogP contribution >= 0.6 is 0 Å². The third kappa shape index (κ3) is 3.97. The minimum absolute atomic E-state index is 0.0252. The Balaban J connectivity index is 3.43. The van der Waals surface area contributed by atoms with Crippen LogP contribution in [0.1, 0.15) is 29.8 Å². The fourth-order valence-electron chi connectivity index (χ4n) is 1.86. The summed E-state index contributed by atoms with van der Waals surface area (Å²) in [6.45, 7) is 3.56. The first-order valence-electron chi connectivity index (χ1n) is 6.42. The van der Waals surface area contributed by atoms with Gasteiger partial charge in [0.1, 0.15) is 17.1 Å². The van der Waals surface area contributed by atoms with Crippen molar-refractivity contribution >= 4 is 17.7 Å². The van der Waals surface area contributed by atoms with E-state index >= 15 is 0 Å². The van der Waals surface area contributed by atoms with E-state index in [1.54, 1.807) is 6.92 Å². The molecule has 0 saturated heterocycles. The number of carbonyl (C=O) groups excluding carboxylic acids is 3. The van der Waals surface area contributed by atoms with Gasteiger partial charge in [0.05, 0.1) is 14.2 Å². The van der Waals surface area contributed by atoms with Crippen LogP contribution in [0.4, 0.5) is 0 Å². The Morgan fingerprint density at radius 1 is 1.00 bits per heavy atom. The number of esters is 2. The highest BCUT2D eigenvalue weighted by atomic mass is 16.5. The number of hydrogen-bond acceptors (Lipinski definition) is 7.